The molecule has 4 nitrogen and oxygen atoms in total. The number of rotatable bonds is 5. The van der Waals surface area contributed by atoms with E-state index in [1.165, 1.54) is 25.9 Å². The number of nitrogens with zero attached hydrogens (tertiary/aromatic N) is 1. The summed E-state index contributed by atoms with van der Waals surface area (Å²) in [5.41, 5.74) is -0.319. The summed E-state index contributed by atoms with van der Waals surface area (Å²) in [4.78, 5) is 14.6. The molecule has 0 spiro atoms. The van der Waals surface area contributed by atoms with Gasteiger partial charge >= 0.3 is 0 Å². The van der Waals surface area contributed by atoms with E-state index in [0.29, 0.717) is 0 Å². The Labute approximate surface area is 117 Å². The van der Waals surface area contributed by atoms with Gasteiger partial charge in [-0.1, -0.05) is 6.92 Å². The zero-order chi connectivity index (χ0) is 13.7. The fraction of sp³-hybridized carbons (Fsp3) is 0.933. The summed E-state index contributed by atoms with van der Waals surface area (Å²) >= 11 is 0. The van der Waals surface area contributed by atoms with Crippen LogP contribution >= 0.6 is 0 Å². The molecular formula is C15H29N3O. The molecule has 1 unspecified atom stereocenters. The van der Waals surface area contributed by atoms with Crippen molar-refractivity contribution < 1.29 is 4.79 Å². The first kappa shape index (κ1) is 14.8. The van der Waals surface area contributed by atoms with Crippen molar-refractivity contribution in [2.45, 2.75) is 51.5 Å². The fourth-order valence-electron chi connectivity index (χ4n) is 3.07. The third kappa shape index (κ3) is 4.18. The highest BCUT2D eigenvalue weighted by molar-refractivity contribution is 5.86. The maximum absolute atomic E-state index is 12.1. The molecule has 1 amide bonds. The first-order valence-corrected chi connectivity index (χ1v) is 7.86. The monoisotopic (exact) mass is 267 g/mol. The van der Waals surface area contributed by atoms with Crippen molar-refractivity contribution in [3.05, 3.63) is 0 Å². The molecule has 0 aromatic heterocycles. The maximum atomic E-state index is 12.1. The highest BCUT2D eigenvalue weighted by Gasteiger charge is 2.35. The molecular weight excluding hydrogens is 238 g/mol. The van der Waals surface area contributed by atoms with E-state index in [1.807, 2.05) is 6.92 Å². The number of hydrogen-bond donors (Lipinski definition) is 2. The van der Waals surface area contributed by atoms with Crippen molar-refractivity contribution in [2.24, 2.45) is 5.92 Å². The predicted octanol–water partition coefficient (Wildman–Crippen LogP) is 1.37. The van der Waals surface area contributed by atoms with Gasteiger partial charge in [-0.2, -0.15) is 0 Å². The average Bonchev–Trinajstić information content (AvgIpc) is 2.85. The van der Waals surface area contributed by atoms with Crippen LogP contribution in [0.3, 0.4) is 0 Å². The van der Waals surface area contributed by atoms with Crippen molar-refractivity contribution in [1.29, 1.82) is 0 Å². The van der Waals surface area contributed by atoms with Crippen LogP contribution in [0.5, 0.6) is 0 Å². The highest BCUT2D eigenvalue weighted by atomic mass is 16.2. The predicted molar refractivity (Wildman–Crippen MR) is 78.1 cm³/mol. The van der Waals surface area contributed by atoms with Gasteiger partial charge < -0.3 is 15.5 Å². The van der Waals surface area contributed by atoms with Crippen LogP contribution < -0.4 is 10.6 Å². The lowest BCUT2D eigenvalue weighted by atomic mass is 9.99. The van der Waals surface area contributed by atoms with Gasteiger partial charge in [0.15, 0.2) is 0 Å². The third-order valence-corrected chi connectivity index (χ3v) is 4.68. The zero-order valence-corrected chi connectivity index (χ0v) is 12.5. The summed E-state index contributed by atoms with van der Waals surface area (Å²) in [7, 11) is 0. The molecule has 2 fully saturated rings. The number of nitrogens with one attached hydrogen (secondary N) is 2. The first-order chi connectivity index (χ1) is 9.10. The summed E-state index contributed by atoms with van der Waals surface area (Å²) in [6, 6.07) is 0. The molecule has 4 heteroatoms. The molecule has 2 aliphatic heterocycles. The Bertz CT molecular complexity index is 292. The minimum atomic E-state index is -0.319. The van der Waals surface area contributed by atoms with Crippen LogP contribution in [-0.4, -0.2) is 49.1 Å². The van der Waals surface area contributed by atoms with Crippen LogP contribution in [0.4, 0.5) is 0 Å². The van der Waals surface area contributed by atoms with E-state index in [-0.39, 0.29) is 11.4 Å². The van der Waals surface area contributed by atoms with Crippen molar-refractivity contribution in [3.63, 3.8) is 0 Å². The number of carbonyl (C=O) groups excluding carboxylic acids is 1. The standard InChI is InChI=1S/C15H29N3O/c1-13-5-11-18(12-6-13)10-4-8-16-14(19)15(2)7-3-9-17-15/h13,17H,3-12H2,1-2H3,(H,16,19). The Kier molecular flexibility index (Phi) is 5.22. The second kappa shape index (κ2) is 6.71. The molecule has 2 rings (SSSR count). The molecule has 2 N–H and O–H groups in total. The van der Waals surface area contributed by atoms with Crippen LogP contribution in [0.2, 0.25) is 0 Å². The van der Waals surface area contributed by atoms with Gasteiger partial charge in [0, 0.05) is 6.54 Å². The summed E-state index contributed by atoms with van der Waals surface area (Å²) in [6.07, 6.45) is 5.79. The molecule has 0 bridgehead atoms. The van der Waals surface area contributed by atoms with Gasteiger partial charge in [-0.05, 0) is 71.1 Å². The minimum Gasteiger partial charge on any atom is -0.354 e. The van der Waals surface area contributed by atoms with Crippen molar-refractivity contribution in [1.82, 2.24) is 15.5 Å². The summed E-state index contributed by atoms with van der Waals surface area (Å²) < 4.78 is 0. The maximum Gasteiger partial charge on any atom is 0.240 e. The van der Waals surface area contributed by atoms with E-state index in [9.17, 15) is 4.79 Å². The first-order valence-electron chi connectivity index (χ1n) is 7.86. The fourth-order valence-corrected chi connectivity index (χ4v) is 3.07. The zero-order valence-electron chi connectivity index (χ0n) is 12.5. The van der Waals surface area contributed by atoms with Crippen LogP contribution in [0.25, 0.3) is 0 Å². The van der Waals surface area contributed by atoms with E-state index >= 15 is 0 Å². The second-order valence-corrected chi connectivity index (χ2v) is 6.50. The van der Waals surface area contributed by atoms with Crippen LogP contribution in [0.15, 0.2) is 0 Å². The van der Waals surface area contributed by atoms with Gasteiger partial charge in [0.1, 0.15) is 0 Å². The van der Waals surface area contributed by atoms with Crippen LogP contribution in [0.1, 0.15) is 46.0 Å². The average molecular weight is 267 g/mol. The summed E-state index contributed by atoms with van der Waals surface area (Å²) in [5.74, 6) is 1.07. The molecule has 0 aromatic carbocycles. The van der Waals surface area contributed by atoms with Gasteiger partial charge in [-0.25, -0.2) is 0 Å². The lowest BCUT2D eigenvalue weighted by molar-refractivity contribution is -0.126. The molecule has 0 aliphatic carbocycles. The van der Waals surface area contributed by atoms with Crippen LogP contribution in [0, 0.1) is 5.92 Å². The summed E-state index contributed by atoms with van der Waals surface area (Å²) in [6.45, 7) is 9.71. The Morgan fingerprint density at radius 3 is 2.79 bits per heavy atom. The lowest BCUT2D eigenvalue weighted by Crippen LogP contribution is -2.51. The molecule has 1 atom stereocenters. The normalized spacial score (nSPS) is 29.6. The number of carbonyl (C=O) groups is 1. The molecule has 2 heterocycles. The number of hydrogen-bond acceptors (Lipinski definition) is 3. The number of piperidine rings is 1. The quantitative estimate of drug-likeness (QED) is 0.739. The lowest BCUT2D eigenvalue weighted by Gasteiger charge is -2.30. The highest BCUT2D eigenvalue weighted by Crippen LogP contribution is 2.18. The van der Waals surface area contributed by atoms with Gasteiger partial charge in [-0.15, -0.1) is 0 Å². The smallest absolute Gasteiger partial charge is 0.240 e. The van der Waals surface area contributed by atoms with E-state index in [0.717, 1.165) is 44.8 Å². The molecule has 0 saturated carbocycles. The van der Waals surface area contributed by atoms with E-state index in [2.05, 4.69) is 22.5 Å². The molecule has 0 radical (unpaired) electrons. The van der Waals surface area contributed by atoms with Gasteiger partial charge in [0.25, 0.3) is 0 Å². The van der Waals surface area contributed by atoms with Gasteiger partial charge in [0.05, 0.1) is 5.54 Å². The Balaban J connectivity index is 1.58. The largest absolute Gasteiger partial charge is 0.354 e. The Morgan fingerprint density at radius 1 is 1.42 bits per heavy atom. The summed E-state index contributed by atoms with van der Waals surface area (Å²) in [5, 5.41) is 6.39. The SMILES string of the molecule is CC1CCN(CCCNC(=O)C2(C)CCCN2)CC1. The third-order valence-electron chi connectivity index (χ3n) is 4.68. The number of amides is 1. The Hall–Kier alpha value is -0.610. The molecule has 2 saturated heterocycles. The molecule has 19 heavy (non-hydrogen) atoms. The molecule has 110 valence electrons. The van der Waals surface area contributed by atoms with Crippen LogP contribution in [-0.2, 0) is 4.79 Å². The molecule has 2 aliphatic rings. The molecule has 0 aromatic rings. The Morgan fingerprint density at radius 2 is 2.16 bits per heavy atom. The minimum absolute atomic E-state index is 0.178. The van der Waals surface area contributed by atoms with Gasteiger partial charge in [-0.3, -0.25) is 4.79 Å². The van der Waals surface area contributed by atoms with E-state index in [1.54, 1.807) is 0 Å². The second-order valence-electron chi connectivity index (χ2n) is 6.50. The van der Waals surface area contributed by atoms with Crippen molar-refractivity contribution in [2.75, 3.05) is 32.7 Å². The topological polar surface area (TPSA) is 44.4 Å². The van der Waals surface area contributed by atoms with Crippen molar-refractivity contribution >= 4 is 5.91 Å². The van der Waals surface area contributed by atoms with E-state index < -0.39 is 0 Å². The van der Waals surface area contributed by atoms with Crippen molar-refractivity contribution in [3.8, 4) is 0 Å². The van der Waals surface area contributed by atoms with Gasteiger partial charge in [0.2, 0.25) is 5.91 Å². The van der Waals surface area contributed by atoms with E-state index in [4.69, 9.17) is 0 Å². The number of likely N-dealkylation sites (tertiary alicyclic amines) is 1.